The van der Waals surface area contributed by atoms with Gasteiger partial charge in [0.05, 0.1) is 0 Å². The number of hydrogen-bond donors (Lipinski definition) is 3. The van der Waals surface area contributed by atoms with Gasteiger partial charge in [-0.15, -0.1) is 0 Å². The molecule has 3 aromatic rings. The predicted molar refractivity (Wildman–Crippen MR) is 179 cm³/mol. The van der Waals surface area contributed by atoms with Crippen LogP contribution in [0.25, 0.3) is 0 Å². The number of amides is 3. The first-order valence-corrected chi connectivity index (χ1v) is 15.5. The molecule has 0 aliphatic heterocycles. The molecule has 0 aliphatic rings. The molecule has 0 radical (unpaired) electrons. The summed E-state index contributed by atoms with van der Waals surface area (Å²) in [7, 11) is 0. The Kier molecular flexibility index (Phi) is 11.1. The van der Waals surface area contributed by atoms with Crippen LogP contribution in [0.3, 0.4) is 0 Å². The van der Waals surface area contributed by atoms with Crippen LogP contribution in [0.5, 0.6) is 5.75 Å². The van der Waals surface area contributed by atoms with Gasteiger partial charge in [-0.2, -0.15) is 0 Å². The predicted octanol–water partition coefficient (Wildman–Crippen LogP) is 7.46. The Bertz CT molecular complexity index is 1480. The van der Waals surface area contributed by atoms with Gasteiger partial charge in [-0.05, 0) is 114 Å². The van der Waals surface area contributed by atoms with Gasteiger partial charge in [-0.25, -0.2) is 4.79 Å². The lowest BCUT2D eigenvalue weighted by molar-refractivity contribution is -0.147. The van der Waals surface area contributed by atoms with Crippen molar-refractivity contribution < 1.29 is 24.2 Å². The molecule has 0 saturated heterocycles. The average Bonchev–Trinajstić information content (AvgIpc) is 2.93. The molecular formula is C37H49N3O5. The van der Waals surface area contributed by atoms with Crippen LogP contribution < -0.4 is 10.6 Å². The van der Waals surface area contributed by atoms with Crippen LogP contribution in [0.1, 0.15) is 87.4 Å². The Morgan fingerprint density at radius 3 is 1.82 bits per heavy atom. The second-order valence-corrected chi connectivity index (χ2v) is 13.4. The van der Waals surface area contributed by atoms with Crippen molar-refractivity contribution in [3.05, 3.63) is 94.0 Å². The summed E-state index contributed by atoms with van der Waals surface area (Å²) in [6.45, 7) is 18.9. The highest BCUT2D eigenvalue weighted by molar-refractivity contribution is 6.00. The van der Waals surface area contributed by atoms with Gasteiger partial charge in [-0.1, -0.05) is 55.5 Å². The number of phenols is 1. The smallest absolute Gasteiger partial charge is 0.408 e. The molecule has 0 fully saturated rings. The van der Waals surface area contributed by atoms with Crippen LogP contribution in [0.15, 0.2) is 60.7 Å². The number of carbonyl (C=O) groups is 3. The maximum atomic E-state index is 15.0. The van der Waals surface area contributed by atoms with Crippen LogP contribution in [0, 0.1) is 27.7 Å². The van der Waals surface area contributed by atoms with Gasteiger partial charge in [0.15, 0.2) is 0 Å². The minimum absolute atomic E-state index is 0.0914. The summed E-state index contributed by atoms with van der Waals surface area (Å²) in [5, 5.41) is 15.8. The number of alkyl carbamates (subject to hydrolysis) is 1. The number of anilines is 1. The number of benzene rings is 3. The second kappa shape index (κ2) is 14.2. The monoisotopic (exact) mass is 615 g/mol. The fourth-order valence-electron chi connectivity index (χ4n) is 5.47. The van der Waals surface area contributed by atoms with Gasteiger partial charge < -0.3 is 25.4 Å². The molecule has 8 nitrogen and oxygen atoms in total. The van der Waals surface area contributed by atoms with E-state index in [4.69, 9.17) is 4.74 Å². The molecule has 8 heteroatoms. The molecule has 3 amide bonds. The quantitative estimate of drug-likeness (QED) is 0.219. The SMILES string of the molecule is CCC(C)(C)N(C(=O)C(Cc1ccc(O)cc1)NC(=O)OC(C)(C)C)C(C(=O)Nc1c(C)cccc1C)c1c(C)cccc1C. The number of carbonyl (C=O) groups excluding carboxylic acids is 3. The van der Waals surface area contributed by atoms with Gasteiger partial charge in [0, 0.05) is 17.6 Å². The molecule has 0 aliphatic carbocycles. The van der Waals surface area contributed by atoms with Gasteiger partial charge in [0.25, 0.3) is 5.91 Å². The van der Waals surface area contributed by atoms with Crippen LogP contribution in [-0.2, 0) is 20.7 Å². The van der Waals surface area contributed by atoms with Crippen molar-refractivity contribution in [2.75, 3.05) is 5.32 Å². The summed E-state index contributed by atoms with van der Waals surface area (Å²) in [5.74, 6) is -0.681. The summed E-state index contributed by atoms with van der Waals surface area (Å²) < 4.78 is 5.56. The van der Waals surface area contributed by atoms with Crippen molar-refractivity contribution in [2.24, 2.45) is 0 Å². The fourth-order valence-corrected chi connectivity index (χ4v) is 5.47. The number of rotatable bonds is 10. The normalized spacial score (nSPS) is 13.0. The molecule has 3 rings (SSSR count). The highest BCUT2D eigenvalue weighted by atomic mass is 16.6. The lowest BCUT2D eigenvalue weighted by Gasteiger charge is -2.45. The third kappa shape index (κ3) is 8.87. The highest BCUT2D eigenvalue weighted by Crippen LogP contribution is 2.36. The summed E-state index contributed by atoms with van der Waals surface area (Å²) in [5.41, 5.74) is 4.13. The maximum Gasteiger partial charge on any atom is 0.408 e. The van der Waals surface area contributed by atoms with E-state index in [2.05, 4.69) is 10.6 Å². The van der Waals surface area contributed by atoms with E-state index in [-0.39, 0.29) is 18.1 Å². The lowest BCUT2D eigenvalue weighted by Crippen LogP contribution is -2.59. The standard InChI is InChI=1S/C37H49N3O5/c1-11-37(9,10)40(34(43)29(38-35(44)45-36(6,7)8)22-27-18-20-28(41)21-19-27)32(30-23(2)14-12-15-24(30)3)33(42)39-31-25(4)16-13-17-26(31)5/h12-21,29,32,41H,11,22H2,1-10H3,(H,38,44)(H,39,42). The zero-order valence-electron chi connectivity index (χ0n) is 28.4. The first-order chi connectivity index (χ1) is 20.9. The van der Waals surface area contributed by atoms with Gasteiger partial charge >= 0.3 is 6.09 Å². The first-order valence-electron chi connectivity index (χ1n) is 15.5. The van der Waals surface area contributed by atoms with Gasteiger partial charge in [0.1, 0.15) is 23.4 Å². The largest absolute Gasteiger partial charge is 0.508 e. The summed E-state index contributed by atoms with van der Waals surface area (Å²) >= 11 is 0. The van der Waals surface area contributed by atoms with E-state index in [0.717, 1.165) is 33.4 Å². The van der Waals surface area contributed by atoms with Crippen molar-refractivity contribution in [1.29, 1.82) is 0 Å². The first kappa shape index (κ1) is 35.2. The van der Waals surface area contributed by atoms with Gasteiger partial charge in [0.2, 0.25) is 5.91 Å². The number of aromatic hydroxyl groups is 1. The number of phenolic OH excluding ortho intramolecular Hbond substituents is 1. The molecule has 242 valence electrons. The Hall–Kier alpha value is -4.33. The van der Waals surface area contributed by atoms with E-state index in [0.29, 0.717) is 12.1 Å². The van der Waals surface area contributed by atoms with Crippen molar-refractivity contribution in [2.45, 2.75) is 105 Å². The molecule has 0 heterocycles. The topological polar surface area (TPSA) is 108 Å². The third-order valence-corrected chi connectivity index (χ3v) is 8.17. The van der Waals surface area contributed by atoms with Crippen molar-refractivity contribution in [3.63, 3.8) is 0 Å². The second-order valence-electron chi connectivity index (χ2n) is 13.4. The van der Waals surface area contributed by atoms with E-state index in [1.54, 1.807) is 37.8 Å². The Balaban J connectivity index is 2.23. The Labute approximate surface area is 268 Å². The molecule has 0 spiro atoms. The van der Waals surface area contributed by atoms with Crippen LogP contribution in [0.2, 0.25) is 0 Å². The molecule has 3 aromatic carbocycles. The third-order valence-electron chi connectivity index (χ3n) is 8.17. The van der Waals surface area contributed by atoms with Gasteiger partial charge in [-0.3, -0.25) is 9.59 Å². The van der Waals surface area contributed by atoms with Crippen LogP contribution in [-0.4, -0.2) is 45.1 Å². The van der Waals surface area contributed by atoms with E-state index < -0.39 is 35.2 Å². The fraction of sp³-hybridized carbons (Fsp3) is 0.432. The molecule has 2 atom stereocenters. The summed E-state index contributed by atoms with van der Waals surface area (Å²) in [6.07, 6.45) is -0.0838. The molecular weight excluding hydrogens is 566 g/mol. The molecule has 45 heavy (non-hydrogen) atoms. The Morgan fingerprint density at radius 1 is 0.822 bits per heavy atom. The number of para-hydroxylation sites is 1. The van der Waals surface area contributed by atoms with Crippen molar-refractivity contribution in [1.82, 2.24) is 10.2 Å². The van der Waals surface area contributed by atoms with E-state index in [1.165, 1.54) is 12.1 Å². The van der Waals surface area contributed by atoms with Crippen molar-refractivity contribution in [3.8, 4) is 5.75 Å². The number of aryl methyl sites for hydroxylation is 4. The number of hydrogen-bond acceptors (Lipinski definition) is 5. The van der Waals surface area contributed by atoms with Crippen molar-refractivity contribution >= 4 is 23.6 Å². The zero-order valence-corrected chi connectivity index (χ0v) is 28.4. The minimum atomic E-state index is -1.07. The van der Waals surface area contributed by atoms with E-state index in [1.807, 2.05) is 84.9 Å². The lowest BCUT2D eigenvalue weighted by atomic mass is 9.87. The number of ether oxygens (including phenoxy) is 1. The number of nitrogens with one attached hydrogen (secondary N) is 2. The zero-order chi connectivity index (χ0) is 33.7. The highest BCUT2D eigenvalue weighted by Gasteiger charge is 2.44. The Morgan fingerprint density at radius 2 is 1.33 bits per heavy atom. The maximum absolute atomic E-state index is 15.0. The molecule has 0 saturated carbocycles. The average molecular weight is 616 g/mol. The molecule has 0 bridgehead atoms. The number of nitrogens with zero attached hydrogens (tertiary/aromatic N) is 1. The molecule has 2 unspecified atom stereocenters. The summed E-state index contributed by atoms with van der Waals surface area (Å²) in [6, 6.07) is 16.0. The molecule has 3 N–H and O–H groups in total. The summed E-state index contributed by atoms with van der Waals surface area (Å²) in [4.78, 5) is 44.4. The minimum Gasteiger partial charge on any atom is -0.508 e. The van der Waals surface area contributed by atoms with E-state index in [9.17, 15) is 19.5 Å². The van der Waals surface area contributed by atoms with Crippen LogP contribution in [0.4, 0.5) is 10.5 Å². The van der Waals surface area contributed by atoms with Crippen LogP contribution >= 0.6 is 0 Å². The molecule has 0 aromatic heterocycles. The van der Waals surface area contributed by atoms with E-state index >= 15 is 0 Å².